The molecular formula is C12H12FIN2O2. The molecule has 0 radical (unpaired) electrons. The maximum Gasteiger partial charge on any atom is 0.234 e. The maximum atomic E-state index is 13.6. The van der Waals surface area contributed by atoms with Crippen LogP contribution >= 0.6 is 22.6 Å². The van der Waals surface area contributed by atoms with Gasteiger partial charge in [0.25, 0.3) is 0 Å². The van der Waals surface area contributed by atoms with Gasteiger partial charge in [0.1, 0.15) is 5.82 Å². The van der Waals surface area contributed by atoms with Gasteiger partial charge in [0.15, 0.2) is 0 Å². The zero-order chi connectivity index (χ0) is 12.9. The molecule has 2 N–H and O–H groups in total. The number of amides is 1. The lowest BCUT2D eigenvalue weighted by atomic mass is 9.84. The summed E-state index contributed by atoms with van der Waals surface area (Å²) in [5.41, 5.74) is 0.628. The Morgan fingerprint density at radius 1 is 1.50 bits per heavy atom. The molecule has 1 saturated heterocycles. The number of rotatable bonds is 0. The number of hydrogen-bond acceptors (Lipinski definition) is 3. The van der Waals surface area contributed by atoms with Crippen molar-refractivity contribution < 1.29 is 13.9 Å². The Bertz CT molecular complexity index is 537. The quantitative estimate of drug-likeness (QED) is 0.696. The van der Waals surface area contributed by atoms with E-state index in [0.29, 0.717) is 28.2 Å². The number of fused-ring (bicyclic) bond motifs is 2. The van der Waals surface area contributed by atoms with Crippen molar-refractivity contribution in [2.24, 2.45) is 5.41 Å². The fourth-order valence-electron chi connectivity index (χ4n) is 2.32. The molecule has 1 aromatic rings. The molecule has 96 valence electrons. The third kappa shape index (κ3) is 1.70. The monoisotopic (exact) mass is 362 g/mol. The first-order valence-electron chi connectivity index (χ1n) is 5.65. The third-order valence-corrected chi connectivity index (χ3v) is 4.44. The van der Waals surface area contributed by atoms with E-state index in [0.717, 1.165) is 0 Å². The fourth-order valence-corrected chi connectivity index (χ4v) is 2.79. The van der Waals surface area contributed by atoms with Crippen molar-refractivity contribution in [1.29, 1.82) is 0 Å². The van der Waals surface area contributed by atoms with E-state index in [-0.39, 0.29) is 17.8 Å². The van der Waals surface area contributed by atoms with Gasteiger partial charge in [0.05, 0.1) is 39.6 Å². The average molecular weight is 362 g/mol. The summed E-state index contributed by atoms with van der Waals surface area (Å²) in [7, 11) is 0. The first kappa shape index (κ1) is 12.2. The lowest BCUT2D eigenvalue weighted by Gasteiger charge is -2.25. The van der Waals surface area contributed by atoms with Crippen LogP contribution in [-0.4, -0.2) is 25.2 Å². The number of anilines is 2. The first-order chi connectivity index (χ1) is 8.50. The van der Waals surface area contributed by atoms with Crippen molar-refractivity contribution in [2.75, 3.05) is 23.8 Å². The fraction of sp³-hybridized carbons (Fsp3) is 0.417. The van der Waals surface area contributed by atoms with Gasteiger partial charge in [0, 0.05) is 6.07 Å². The van der Waals surface area contributed by atoms with E-state index in [1.54, 1.807) is 6.07 Å². The second-order valence-corrected chi connectivity index (χ2v) is 6.06. The smallest absolute Gasteiger partial charge is 0.234 e. The predicted molar refractivity (Wildman–Crippen MR) is 74.1 cm³/mol. The molecule has 18 heavy (non-hydrogen) atoms. The van der Waals surface area contributed by atoms with Gasteiger partial charge in [-0.05, 0) is 35.6 Å². The van der Waals surface area contributed by atoms with Crippen LogP contribution in [-0.2, 0) is 9.53 Å². The van der Waals surface area contributed by atoms with E-state index < -0.39 is 5.41 Å². The molecule has 1 aromatic carbocycles. The molecule has 2 heterocycles. The van der Waals surface area contributed by atoms with Crippen molar-refractivity contribution >= 4 is 39.9 Å². The van der Waals surface area contributed by atoms with Gasteiger partial charge in [-0.15, -0.1) is 0 Å². The summed E-state index contributed by atoms with van der Waals surface area (Å²) in [6, 6.07) is 2.93. The molecule has 4 nitrogen and oxygen atoms in total. The van der Waals surface area contributed by atoms with Crippen molar-refractivity contribution in [1.82, 2.24) is 0 Å². The van der Waals surface area contributed by atoms with E-state index in [1.807, 2.05) is 29.5 Å². The number of ether oxygens (including phenoxy) is 1. The van der Waals surface area contributed by atoms with Crippen LogP contribution in [0.15, 0.2) is 12.1 Å². The van der Waals surface area contributed by atoms with Crippen LogP contribution in [0.5, 0.6) is 0 Å². The van der Waals surface area contributed by atoms with Gasteiger partial charge < -0.3 is 15.4 Å². The standard InChI is InChI=1S/C12H12FIN2O2/c1-12-5-18-4-10(12)15-8-2-6(13)7(14)3-9(8)16-11(12)17/h2-3,10,15H,4-5H2,1H3,(H,16,17). The number of halogens is 2. The molecule has 3 rings (SSSR count). The average Bonchev–Trinajstić information content (AvgIpc) is 2.64. The minimum atomic E-state index is -0.610. The third-order valence-electron chi connectivity index (χ3n) is 3.61. The Kier molecular flexibility index (Phi) is 2.74. The van der Waals surface area contributed by atoms with Gasteiger partial charge in [-0.2, -0.15) is 0 Å². The summed E-state index contributed by atoms with van der Waals surface area (Å²) < 4.78 is 19.4. The summed E-state index contributed by atoms with van der Waals surface area (Å²) in [5.74, 6) is -0.378. The summed E-state index contributed by atoms with van der Waals surface area (Å²) in [4.78, 5) is 12.2. The molecule has 2 atom stereocenters. The normalized spacial score (nSPS) is 29.9. The van der Waals surface area contributed by atoms with E-state index in [1.165, 1.54) is 6.07 Å². The summed E-state index contributed by atoms with van der Waals surface area (Å²) in [6.45, 7) is 2.70. The second-order valence-electron chi connectivity index (χ2n) is 4.90. The van der Waals surface area contributed by atoms with Gasteiger partial charge in [-0.3, -0.25) is 4.79 Å². The van der Waals surface area contributed by atoms with Crippen LogP contribution in [0.1, 0.15) is 6.92 Å². The molecule has 2 aliphatic rings. The Balaban J connectivity index is 2.08. The highest BCUT2D eigenvalue weighted by atomic mass is 127. The van der Waals surface area contributed by atoms with Crippen LogP contribution in [0.25, 0.3) is 0 Å². The summed E-state index contributed by atoms with van der Waals surface area (Å²) in [5, 5.41) is 6.06. The lowest BCUT2D eigenvalue weighted by molar-refractivity contribution is -0.124. The topological polar surface area (TPSA) is 50.4 Å². The Hall–Kier alpha value is -0.890. The molecule has 0 aliphatic carbocycles. The zero-order valence-electron chi connectivity index (χ0n) is 9.72. The van der Waals surface area contributed by atoms with E-state index in [2.05, 4.69) is 10.6 Å². The molecule has 2 unspecified atom stereocenters. The van der Waals surface area contributed by atoms with Crippen molar-refractivity contribution in [3.63, 3.8) is 0 Å². The minimum absolute atomic E-state index is 0.0846. The zero-order valence-corrected chi connectivity index (χ0v) is 11.9. The van der Waals surface area contributed by atoms with Crippen molar-refractivity contribution in [3.8, 4) is 0 Å². The number of benzene rings is 1. The van der Waals surface area contributed by atoms with Gasteiger partial charge in [-0.1, -0.05) is 0 Å². The SMILES string of the molecule is CC12COCC1Nc1cc(F)c(I)cc1NC2=O. The summed E-state index contributed by atoms with van der Waals surface area (Å²) in [6.07, 6.45) is 0. The Morgan fingerprint density at radius 2 is 2.28 bits per heavy atom. The minimum Gasteiger partial charge on any atom is -0.378 e. The number of hydrogen-bond donors (Lipinski definition) is 2. The number of nitrogens with one attached hydrogen (secondary N) is 2. The summed E-state index contributed by atoms with van der Waals surface area (Å²) >= 11 is 1.91. The van der Waals surface area contributed by atoms with E-state index >= 15 is 0 Å². The molecule has 1 fully saturated rings. The van der Waals surface area contributed by atoms with Gasteiger partial charge in [-0.25, -0.2) is 4.39 Å². The van der Waals surface area contributed by atoms with Crippen LogP contribution in [0.4, 0.5) is 15.8 Å². The molecular weight excluding hydrogens is 350 g/mol. The molecule has 0 bridgehead atoms. The molecule has 0 saturated carbocycles. The maximum absolute atomic E-state index is 13.6. The molecule has 1 amide bonds. The van der Waals surface area contributed by atoms with Gasteiger partial charge in [0.2, 0.25) is 5.91 Å². The van der Waals surface area contributed by atoms with Crippen LogP contribution in [0.2, 0.25) is 0 Å². The van der Waals surface area contributed by atoms with E-state index in [4.69, 9.17) is 4.74 Å². The predicted octanol–water partition coefficient (Wildman–Crippen LogP) is 2.20. The van der Waals surface area contributed by atoms with Crippen molar-refractivity contribution in [2.45, 2.75) is 13.0 Å². The molecule has 6 heteroatoms. The van der Waals surface area contributed by atoms with E-state index in [9.17, 15) is 9.18 Å². The largest absolute Gasteiger partial charge is 0.378 e. The van der Waals surface area contributed by atoms with Crippen LogP contribution < -0.4 is 10.6 Å². The number of carbonyl (C=O) groups excluding carboxylic acids is 1. The van der Waals surface area contributed by atoms with Crippen LogP contribution in [0, 0.1) is 14.8 Å². The Labute approximate surface area is 117 Å². The second kappa shape index (κ2) is 4.06. The lowest BCUT2D eigenvalue weighted by Crippen LogP contribution is -2.44. The highest BCUT2D eigenvalue weighted by Gasteiger charge is 2.48. The van der Waals surface area contributed by atoms with Gasteiger partial charge >= 0.3 is 0 Å². The van der Waals surface area contributed by atoms with Crippen molar-refractivity contribution in [3.05, 3.63) is 21.5 Å². The number of carbonyl (C=O) groups is 1. The first-order valence-corrected chi connectivity index (χ1v) is 6.73. The highest BCUT2D eigenvalue weighted by molar-refractivity contribution is 14.1. The Morgan fingerprint density at radius 3 is 3.06 bits per heavy atom. The molecule has 2 aliphatic heterocycles. The van der Waals surface area contributed by atoms with Crippen LogP contribution in [0.3, 0.4) is 0 Å². The molecule has 0 spiro atoms. The highest BCUT2D eigenvalue weighted by Crippen LogP contribution is 2.38. The molecule has 0 aromatic heterocycles.